The van der Waals surface area contributed by atoms with Crippen LogP contribution in [0.15, 0.2) is 58.5 Å². The highest BCUT2D eigenvalue weighted by Crippen LogP contribution is 2.15. The van der Waals surface area contributed by atoms with Gasteiger partial charge in [-0.2, -0.15) is 0 Å². The van der Waals surface area contributed by atoms with Crippen molar-refractivity contribution in [2.45, 2.75) is 26.1 Å². The number of esters is 2. The van der Waals surface area contributed by atoms with Crippen molar-refractivity contribution in [2.75, 3.05) is 33.0 Å². The first-order valence-electron chi connectivity index (χ1n) is 12.8. The summed E-state index contributed by atoms with van der Waals surface area (Å²) in [6.45, 7) is 1.31. The van der Waals surface area contributed by atoms with Crippen molar-refractivity contribution in [3.05, 3.63) is 59.7 Å². The fraction of sp³-hybridized carbons (Fsp3) is 0.333. The van der Waals surface area contributed by atoms with Gasteiger partial charge in [-0.3, -0.25) is 19.2 Å². The number of carbonyl (C=O) groups excluding carboxylic acids is 4. The molecule has 1 unspecified atom stereocenters. The number of benzene rings is 2. The third kappa shape index (κ3) is 13.4. The molecule has 0 aliphatic rings. The molecule has 0 aliphatic heterocycles. The Morgan fingerprint density at radius 2 is 1.17 bits per heavy atom. The predicted octanol–water partition coefficient (Wildman–Crippen LogP) is 0.355. The lowest BCUT2D eigenvalue weighted by Crippen LogP contribution is -2.31. The minimum atomic E-state index is -0.660. The zero-order valence-corrected chi connectivity index (χ0v) is 23.1. The molecule has 0 bridgehead atoms. The second kappa shape index (κ2) is 17.6. The van der Waals surface area contributed by atoms with Gasteiger partial charge in [0.25, 0.3) is 5.91 Å². The Hall–Kier alpha value is -5.02. The molecule has 42 heavy (non-hydrogen) atoms. The van der Waals surface area contributed by atoms with E-state index >= 15 is 0 Å². The number of Topliss-reactive ketones (excluding diaryl/α,β-unsaturated/α-hetero) is 1. The summed E-state index contributed by atoms with van der Waals surface area (Å²) in [6.07, 6.45) is -0.762. The van der Waals surface area contributed by atoms with Gasteiger partial charge in [-0.1, -0.05) is 0 Å². The van der Waals surface area contributed by atoms with Crippen molar-refractivity contribution in [3.8, 4) is 0 Å². The second-order valence-electron chi connectivity index (χ2n) is 8.52. The molecule has 9 N–H and O–H groups in total. The topological polar surface area (TPSA) is 246 Å². The van der Waals surface area contributed by atoms with Crippen molar-refractivity contribution in [1.29, 1.82) is 0 Å². The monoisotopic (exact) mass is 585 g/mol. The van der Waals surface area contributed by atoms with E-state index in [-0.39, 0.29) is 63.5 Å². The molecule has 226 valence electrons. The largest absolute Gasteiger partial charge is 0.463 e. The molecule has 0 spiro atoms. The molecule has 2 aromatic carbocycles. The minimum Gasteiger partial charge on any atom is -0.463 e. The molecule has 15 heteroatoms. The zero-order valence-electron chi connectivity index (χ0n) is 23.1. The van der Waals surface area contributed by atoms with Gasteiger partial charge in [-0.25, -0.2) is 9.98 Å². The number of carbonyl (C=O) groups is 4. The molecule has 0 aromatic heterocycles. The number of nitrogens with one attached hydrogen (secondary N) is 1. The predicted molar refractivity (Wildman–Crippen MR) is 153 cm³/mol. The fourth-order valence-corrected chi connectivity index (χ4v) is 3.23. The lowest BCUT2D eigenvalue weighted by Gasteiger charge is -2.14. The van der Waals surface area contributed by atoms with E-state index < -0.39 is 24.1 Å². The first kappa shape index (κ1) is 33.2. The minimum absolute atomic E-state index is 0.0168. The smallest absolute Gasteiger partial charge is 0.325 e. The van der Waals surface area contributed by atoms with Crippen LogP contribution in [0.3, 0.4) is 0 Å². The summed E-state index contributed by atoms with van der Waals surface area (Å²) in [4.78, 5) is 55.8. The molecule has 1 amide bonds. The van der Waals surface area contributed by atoms with Gasteiger partial charge in [0, 0.05) is 17.5 Å². The van der Waals surface area contributed by atoms with Gasteiger partial charge in [-0.05, 0) is 55.5 Å². The summed E-state index contributed by atoms with van der Waals surface area (Å²) in [5.41, 5.74) is 23.0. The van der Waals surface area contributed by atoms with Crippen molar-refractivity contribution in [1.82, 2.24) is 5.32 Å². The van der Waals surface area contributed by atoms with Crippen LogP contribution in [0.1, 0.15) is 40.5 Å². The van der Waals surface area contributed by atoms with Crippen LogP contribution in [0.4, 0.5) is 11.4 Å². The Balaban J connectivity index is 1.51. The van der Waals surface area contributed by atoms with E-state index in [0.29, 0.717) is 22.5 Å². The molecule has 0 radical (unpaired) electrons. The highest BCUT2D eigenvalue weighted by atomic mass is 16.7. The van der Waals surface area contributed by atoms with E-state index in [0.717, 1.165) is 0 Å². The maximum atomic E-state index is 12.2. The Morgan fingerprint density at radius 3 is 1.67 bits per heavy atom. The van der Waals surface area contributed by atoms with Gasteiger partial charge in [0.15, 0.2) is 24.0 Å². The van der Waals surface area contributed by atoms with Crippen LogP contribution in [-0.4, -0.2) is 74.8 Å². The maximum absolute atomic E-state index is 12.2. The van der Waals surface area contributed by atoms with Crippen LogP contribution in [0.2, 0.25) is 0 Å². The number of nitrogens with zero attached hydrogens (tertiary/aromatic N) is 2. The fourth-order valence-electron chi connectivity index (χ4n) is 3.23. The number of guanidine groups is 2. The summed E-state index contributed by atoms with van der Waals surface area (Å²) < 4.78 is 20.8. The van der Waals surface area contributed by atoms with Crippen molar-refractivity contribution >= 4 is 46.9 Å². The van der Waals surface area contributed by atoms with Gasteiger partial charge >= 0.3 is 11.9 Å². The quantitative estimate of drug-likeness (QED) is 0.0421. The number of ketones is 1. The summed E-state index contributed by atoms with van der Waals surface area (Å²) in [5, 5.41) is 2.45. The highest BCUT2D eigenvalue weighted by molar-refractivity contribution is 5.98. The van der Waals surface area contributed by atoms with Crippen LogP contribution < -0.4 is 28.3 Å². The maximum Gasteiger partial charge on any atom is 0.325 e. The molecule has 1 atom stereocenters. The van der Waals surface area contributed by atoms with E-state index in [4.69, 9.17) is 41.9 Å². The Bertz CT molecular complexity index is 1160. The highest BCUT2D eigenvalue weighted by Gasteiger charge is 2.12. The van der Waals surface area contributed by atoms with E-state index in [1.165, 1.54) is 12.1 Å². The average molecular weight is 586 g/mol. The summed E-state index contributed by atoms with van der Waals surface area (Å²) >= 11 is 0. The van der Waals surface area contributed by atoms with Gasteiger partial charge in [-0.15, -0.1) is 0 Å². The summed E-state index contributed by atoms with van der Waals surface area (Å²) in [5.74, 6) is -2.07. The van der Waals surface area contributed by atoms with E-state index in [1.807, 2.05) is 0 Å². The number of ether oxygens (including phenoxy) is 4. The third-order valence-corrected chi connectivity index (χ3v) is 5.18. The Morgan fingerprint density at radius 1 is 0.690 bits per heavy atom. The van der Waals surface area contributed by atoms with Gasteiger partial charge in [0.05, 0.1) is 31.0 Å². The molecule has 0 saturated heterocycles. The standard InChI is InChI=1S/C27H35N7O8/c1-17(39-12-14-41-23(36)11-10-22(35)18-2-6-20(7-3-18)33-26(28)29)40-13-15-42-24(37)16-32-25(38)19-4-8-21(9-5-19)34-27(30)31/h2-9,17H,10-16H2,1H3,(H,32,38)(H4,28,29,33)(H4,30,31,34). The van der Waals surface area contributed by atoms with Crippen molar-refractivity contribution < 1.29 is 38.1 Å². The van der Waals surface area contributed by atoms with Crippen LogP contribution in [0.25, 0.3) is 0 Å². The van der Waals surface area contributed by atoms with Crippen LogP contribution >= 0.6 is 0 Å². The number of rotatable bonds is 17. The van der Waals surface area contributed by atoms with Crippen LogP contribution in [-0.2, 0) is 28.5 Å². The van der Waals surface area contributed by atoms with Crippen LogP contribution in [0, 0.1) is 0 Å². The first-order valence-corrected chi connectivity index (χ1v) is 12.8. The second-order valence-corrected chi connectivity index (χ2v) is 8.52. The first-order chi connectivity index (χ1) is 20.0. The number of nitrogens with two attached hydrogens (primary N) is 4. The molecular formula is C27H35N7O8. The van der Waals surface area contributed by atoms with Crippen molar-refractivity contribution in [2.24, 2.45) is 32.9 Å². The van der Waals surface area contributed by atoms with Gasteiger partial charge in [0.2, 0.25) is 0 Å². The lowest BCUT2D eigenvalue weighted by molar-refractivity contribution is -0.163. The third-order valence-electron chi connectivity index (χ3n) is 5.18. The SMILES string of the molecule is CC(OCCOC(=O)CCC(=O)c1ccc(N=C(N)N)cc1)OCCOC(=O)CNC(=O)c1ccc(N=C(N)N)cc1. The molecule has 0 aliphatic carbocycles. The molecule has 0 heterocycles. The Kier molecular flexibility index (Phi) is 13.9. The van der Waals surface area contributed by atoms with Gasteiger partial charge in [0.1, 0.15) is 19.8 Å². The average Bonchev–Trinajstić information content (AvgIpc) is 2.95. The molecule has 0 saturated carbocycles. The van der Waals surface area contributed by atoms with E-state index in [2.05, 4.69) is 15.3 Å². The van der Waals surface area contributed by atoms with E-state index in [1.54, 1.807) is 43.3 Å². The van der Waals surface area contributed by atoms with Crippen molar-refractivity contribution in [3.63, 3.8) is 0 Å². The van der Waals surface area contributed by atoms with Crippen LogP contribution in [0.5, 0.6) is 0 Å². The molecule has 2 aromatic rings. The zero-order chi connectivity index (χ0) is 30.9. The summed E-state index contributed by atoms with van der Waals surface area (Å²) in [6, 6.07) is 12.5. The normalized spacial score (nSPS) is 11.1. The number of hydrogen-bond acceptors (Lipinski definition) is 10. The number of amides is 1. The molecule has 15 nitrogen and oxygen atoms in total. The molecular weight excluding hydrogens is 550 g/mol. The lowest BCUT2D eigenvalue weighted by atomic mass is 10.1. The number of hydrogen-bond donors (Lipinski definition) is 5. The summed E-state index contributed by atoms with van der Waals surface area (Å²) in [7, 11) is 0. The molecule has 0 fully saturated rings. The molecule has 2 rings (SSSR count). The number of aliphatic imine (C=N–C) groups is 2. The Labute approximate surface area is 242 Å². The van der Waals surface area contributed by atoms with E-state index in [9.17, 15) is 19.2 Å². The van der Waals surface area contributed by atoms with Gasteiger partial charge < -0.3 is 47.2 Å².